The van der Waals surface area contributed by atoms with Crippen molar-refractivity contribution in [2.24, 2.45) is 23.0 Å². The fourth-order valence-corrected chi connectivity index (χ4v) is 2.44. The van der Waals surface area contributed by atoms with Crippen LogP contribution >= 0.6 is 0 Å². The SMILES string of the molecule is CC(C)C(=O)Oc1ccc(C[C@H](N)C(=O)O[C@@H](C)C(C)OC(=O)C(C)(C)C)cc1OC(=O)C(C)C. The first-order valence-corrected chi connectivity index (χ1v) is 11.8. The Morgan fingerprint density at radius 3 is 1.74 bits per heavy atom. The third kappa shape index (κ3) is 9.68. The van der Waals surface area contributed by atoms with Crippen LogP contribution in [0.25, 0.3) is 0 Å². The molecule has 0 aliphatic rings. The molecule has 0 spiro atoms. The number of benzene rings is 1. The quantitative estimate of drug-likeness (QED) is 0.384. The Balaban J connectivity index is 2.93. The van der Waals surface area contributed by atoms with Crippen molar-refractivity contribution in [3.63, 3.8) is 0 Å². The van der Waals surface area contributed by atoms with Gasteiger partial charge in [0.2, 0.25) is 0 Å². The van der Waals surface area contributed by atoms with Crippen LogP contribution in [0.3, 0.4) is 0 Å². The molecule has 0 radical (unpaired) electrons. The van der Waals surface area contributed by atoms with Crippen LogP contribution in [0.1, 0.15) is 67.9 Å². The molecule has 0 saturated carbocycles. The molecule has 1 aromatic carbocycles. The zero-order valence-corrected chi connectivity index (χ0v) is 22.2. The van der Waals surface area contributed by atoms with Crippen LogP contribution in [0.5, 0.6) is 11.5 Å². The summed E-state index contributed by atoms with van der Waals surface area (Å²) in [6.07, 6.45) is -1.29. The molecule has 9 heteroatoms. The topological polar surface area (TPSA) is 131 Å². The molecule has 196 valence electrons. The largest absolute Gasteiger partial charge is 0.458 e. The van der Waals surface area contributed by atoms with Crippen molar-refractivity contribution in [3.8, 4) is 11.5 Å². The molecule has 0 heterocycles. The minimum absolute atomic E-state index is 0.0619. The minimum atomic E-state index is -1.03. The second-order valence-corrected chi connectivity index (χ2v) is 10.2. The van der Waals surface area contributed by atoms with Crippen LogP contribution < -0.4 is 15.2 Å². The monoisotopic (exact) mass is 493 g/mol. The highest BCUT2D eigenvalue weighted by atomic mass is 16.6. The molecule has 0 aromatic heterocycles. The normalized spacial score (nSPS) is 14.2. The molecule has 0 aliphatic carbocycles. The van der Waals surface area contributed by atoms with Gasteiger partial charge in [-0.1, -0.05) is 33.8 Å². The first-order chi connectivity index (χ1) is 16.0. The summed E-state index contributed by atoms with van der Waals surface area (Å²) >= 11 is 0. The van der Waals surface area contributed by atoms with Crippen molar-refractivity contribution < 1.29 is 38.1 Å². The molecule has 35 heavy (non-hydrogen) atoms. The number of hydrogen-bond acceptors (Lipinski definition) is 9. The van der Waals surface area contributed by atoms with Crippen LogP contribution in [-0.4, -0.2) is 42.1 Å². The van der Waals surface area contributed by atoms with Gasteiger partial charge in [-0.3, -0.25) is 19.2 Å². The molecular formula is C26H39NO8. The van der Waals surface area contributed by atoms with E-state index in [2.05, 4.69) is 0 Å². The number of rotatable bonds is 10. The number of esters is 4. The molecule has 1 rings (SSSR count). The number of nitrogens with two attached hydrogens (primary N) is 1. The van der Waals surface area contributed by atoms with Gasteiger partial charge in [0, 0.05) is 0 Å². The zero-order valence-electron chi connectivity index (χ0n) is 22.2. The summed E-state index contributed by atoms with van der Waals surface area (Å²) in [4.78, 5) is 48.8. The van der Waals surface area contributed by atoms with E-state index in [0.717, 1.165) is 0 Å². The van der Waals surface area contributed by atoms with E-state index in [1.165, 1.54) is 12.1 Å². The standard InChI is InChI=1S/C26H39NO8/c1-14(2)22(28)34-20-11-10-18(13-21(20)35-23(29)15(3)4)12-19(27)24(30)32-16(5)17(6)33-25(31)26(7,8)9/h10-11,13-17,19H,12,27H2,1-9H3/t16-,17?,19-/m0/s1. The summed E-state index contributed by atoms with van der Waals surface area (Å²) in [6, 6.07) is 3.60. The van der Waals surface area contributed by atoms with Crippen molar-refractivity contribution in [2.45, 2.75) is 87.0 Å². The molecule has 0 saturated heterocycles. The Morgan fingerprint density at radius 1 is 0.771 bits per heavy atom. The van der Waals surface area contributed by atoms with Crippen LogP contribution in [0, 0.1) is 17.3 Å². The lowest BCUT2D eigenvalue weighted by molar-refractivity contribution is -0.171. The Hall–Kier alpha value is -2.94. The van der Waals surface area contributed by atoms with Gasteiger partial charge >= 0.3 is 23.9 Å². The van der Waals surface area contributed by atoms with E-state index in [0.29, 0.717) is 5.56 Å². The fraction of sp³-hybridized carbons (Fsp3) is 0.615. The van der Waals surface area contributed by atoms with Gasteiger partial charge in [-0.25, -0.2) is 0 Å². The molecule has 1 unspecified atom stereocenters. The van der Waals surface area contributed by atoms with Crippen LogP contribution in [0.2, 0.25) is 0 Å². The van der Waals surface area contributed by atoms with E-state index in [1.54, 1.807) is 68.4 Å². The smallest absolute Gasteiger partial charge is 0.323 e. The maximum Gasteiger partial charge on any atom is 0.323 e. The van der Waals surface area contributed by atoms with E-state index in [1.807, 2.05) is 0 Å². The van der Waals surface area contributed by atoms with E-state index in [-0.39, 0.29) is 23.8 Å². The van der Waals surface area contributed by atoms with Crippen molar-refractivity contribution >= 4 is 23.9 Å². The number of carbonyl (C=O) groups is 4. The maximum atomic E-state index is 12.5. The highest BCUT2D eigenvalue weighted by molar-refractivity contribution is 5.79. The number of hydrogen-bond donors (Lipinski definition) is 1. The molecule has 3 atom stereocenters. The van der Waals surface area contributed by atoms with Gasteiger partial charge < -0.3 is 24.7 Å². The van der Waals surface area contributed by atoms with Gasteiger partial charge in [0.1, 0.15) is 18.2 Å². The van der Waals surface area contributed by atoms with Crippen molar-refractivity contribution in [2.75, 3.05) is 0 Å². The predicted octanol–water partition coefficient (Wildman–Crippen LogP) is 3.59. The van der Waals surface area contributed by atoms with Gasteiger partial charge in [0.05, 0.1) is 17.3 Å². The summed E-state index contributed by atoms with van der Waals surface area (Å²) in [5.74, 6) is -2.67. The van der Waals surface area contributed by atoms with E-state index >= 15 is 0 Å². The molecule has 0 fully saturated rings. The third-order valence-electron chi connectivity index (χ3n) is 5.00. The number of ether oxygens (including phenoxy) is 4. The lowest BCUT2D eigenvalue weighted by Gasteiger charge is -2.25. The Labute approximate surface area is 207 Å². The Morgan fingerprint density at radius 2 is 1.26 bits per heavy atom. The number of carbonyl (C=O) groups excluding carboxylic acids is 4. The fourth-order valence-electron chi connectivity index (χ4n) is 2.44. The molecule has 1 aromatic rings. The van der Waals surface area contributed by atoms with Crippen molar-refractivity contribution in [3.05, 3.63) is 23.8 Å². The van der Waals surface area contributed by atoms with Crippen LogP contribution in [0.15, 0.2) is 18.2 Å². The van der Waals surface area contributed by atoms with E-state index < -0.39 is 53.5 Å². The average Bonchev–Trinajstić information content (AvgIpc) is 2.74. The highest BCUT2D eigenvalue weighted by Crippen LogP contribution is 2.30. The minimum Gasteiger partial charge on any atom is -0.458 e. The summed E-state index contributed by atoms with van der Waals surface area (Å²) in [5, 5.41) is 0. The van der Waals surface area contributed by atoms with Gasteiger partial charge in [-0.2, -0.15) is 0 Å². The second-order valence-electron chi connectivity index (χ2n) is 10.2. The van der Waals surface area contributed by atoms with E-state index in [4.69, 9.17) is 24.7 Å². The lowest BCUT2D eigenvalue weighted by atomic mass is 9.97. The molecule has 9 nitrogen and oxygen atoms in total. The molecule has 0 amide bonds. The van der Waals surface area contributed by atoms with Crippen LogP contribution in [-0.2, 0) is 35.1 Å². The Kier molecular flexibility index (Phi) is 10.9. The summed E-state index contributed by atoms with van der Waals surface area (Å²) in [6.45, 7) is 15.2. The van der Waals surface area contributed by atoms with E-state index in [9.17, 15) is 19.2 Å². The first-order valence-electron chi connectivity index (χ1n) is 11.8. The summed E-state index contributed by atoms with van der Waals surface area (Å²) in [5.41, 5.74) is 5.95. The van der Waals surface area contributed by atoms with Gasteiger partial charge in [0.15, 0.2) is 11.5 Å². The van der Waals surface area contributed by atoms with Gasteiger partial charge in [-0.15, -0.1) is 0 Å². The Bertz CT molecular complexity index is 916. The van der Waals surface area contributed by atoms with Gasteiger partial charge in [0.25, 0.3) is 0 Å². The van der Waals surface area contributed by atoms with Gasteiger partial charge in [-0.05, 0) is 58.7 Å². The molecular weight excluding hydrogens is 454 g/mol. The predicted molar refractivity (Wildman–Crippen MR) is 130 cm³/mol. The summed E-state index contributed by atoms with van der Waals surface area (Å²) < 4.78 is 21.5. The molecule has 0 bridgehead atoms. The van der Waals surface area contributed by atoms with Crippen LogP contribution in [0.4, 0.5) is 0 Å². The second kappa shape index (κ2) is 12.7. The lowest BCUT2D eigenvalue weighted by Crippen LogP contribution is -2.40. The average molecular weight is 494 g/mol. The molecule has 0 aliphatic heterocycles. The maximum absolute atomic E-state index is 12.5. The van der Waals surface area contributed by atoms with Crippen molar-refractivity contribution in [1.29, 1.82) is 0 Å². The first kappa shape index (κ1) is 30.1. The van der Waals surface area contributed by atoms with Crippen molar-refractivity contribution in [1.82, 2.24) is 0 Å². The third-order valence-corrected chi connectivity index (χ3v) is 5.00. The summed E-state index contributed by atoms with van der Waals surface area (Å²) in [7, 11) is 0. The highest BCUT2D eigenvalue weighted by Gasteiger charge is 2.29. The zero-order chi connectivity index (χ0) is 27.1. The molecule has 2 N–H and O–H groups in total.